The van der Waals surface area contributed by atoms with E-state index in [1.54, 1.807) is 0 Å². The van der Waals surface area contributed by atoms with Crippen LogP contribution in [0.4, 0.5) is 0 Å². The van der Waals surface area contributed by atoms with Gasteiger partial charge in [-0.25, -0.2) is 0 Å². The first-order chi connectivity index (χ1) is 12.3. The van der Waals surface area contributed by atoms with Crippen molar-refractivity contribution in [2.24, 2.45) is 0 Å². The molecule has 0 unspecified atom stereocenters. The minimum atomic E-state index is 0.561. The molecule has 0 saturated heterocycles. The predicted molar refractivity (Wildman–Crippen MR) is 107 cm³/mol. The van der Waals surface area contributed by atoms with Crippen LogP contribution in [-0.2, 0) is 13.2 Å². The van der Waals surface area contributed by atoms with Crippen LogP contribution in [0.15, 0.2) is 48.5 Å². The molecule has 3 heteroatoms. The van der Waals surface area contributed by atoms with E-state index in [9.17, 15) is 0 Å². The van der Waals surface area contributed by atoms with Gasteiger partial charge in [-0.1, -0.05) is 81.0 Å². The maximum atomic E-state index is 6.00. The second-order valence-electron chi connectivity index (χ2n) is 6.47. The van der Waals surface area contributed by atoms with Crippen molar-refractivity contribution in [2.45, 2.75) is 58.6 Å². The van der Waals surface area contributed by atoms with E-state index in [0.717, 1.165) is 29.4 Å². The molecule has 2 aromatic carbocycles. The minimum absolute atomic E-state index is 0.561. The summed E-state index contributed by atoms with van der Waals surface area (Å²) in [6.45, 7) is 4.74. The van der Waals surface area contributed by atoms with Crippen LogP contribution in [0.2, 0.25) is 5.02 Å². The van der Waals surface area contributed by atoms with E-state index >= 15 is 0 Å². The molecule has 0 aliphatic carbocycles. The van der Waals surface area contributed by atoms with Gasteiger partial charge in [-0.3, -0.25) is 0 Å². The van der Waals surface area contributed by atoms with Crippen molar-refractivity contribution in [3.05, 3.63) is 64.7 Å². The van der Waals surface area contributed by atoms with Gasteiger partial charge in [0.15, 0.2) is 0 Å². The third-order valence-electron chi connectivity index (χ3n) is 4.30. The number of para-hydroxylation sites is 1. The highest BCUT2D eigenvalue weighted by Crippen LogP contribution is 2.20. The first-order valence-electron chi connectivity index (χ1n) is 9.45. The molecule has 0 aliphatic rings. The molecule has 0 spiro atoms. The Morgan fingerprint density at radius 3 is 2.40 bits per heavy atom. The van der Waals surface area contributed by atoms with Gasteiger partial charge in [0, 0.05) is 17.1 Å². The highest BCUT2D eigenvalue weighted by Gasteiger charge is 2.03. The maximum absolute atomic E-state index is 6.00. The van der Waals surface area contributed by atoms with Gasteiger partial charge >= 0.3 is 0 Å². The van der Waals surface area contributed by atoms with Crippen LogP contribution >= 0.6 is 11.6 Å². The molecule has 0 heterocycles. The number of nitrogens with one attached hydrogen (secondary N) is 1. The summed E-state index contributed by atoms with van der Waals surface area (Å²) in [5.74, 6) is 0.952. The van der Waals surface area contributed by atoms with Crippen LogP contribution < -0.4 is 10.1 Å². The van der Waals surface area contributed by atoms with Crippen molar-refractivity contribution in [1.82, 2.24) is 5.32 Å². The molecule has 136 valence electrons. The zero-order valence-electron chi connectivity index (χ0n) is 15.3. The van der Waals surface area contributed by atoms with E-state index < -0.39 is 0 Å². The maximum Gasteiger partial charge on any atom is 0.124 e. The van der Waals surface area contributed by atoms with Crippen molar-refractivity contribution in [1.29, 1.82) is 0 Å². The van der Waals surface area contributed by atoms with Gasteiger partial charge in [-0.15, -0.1) is 0 Å². The molecule has 0 aliphatic heterocycles. The molecular weight excluding hydrogens is 330 g/mol. The second-order valence-corrected chi connectivity index (χ2v) is 6.90. The van der Waals surface area contributed by atoms with Crippen molar-refractivity contribution < 1.29 is 4.74 Å². The van der Waals surface area contributed by atoms with E-state index in [-0.39, 0.29) is 0 Å². The summed E-state index contributed by atoms with van der Waals surface area (Å²) in [5, 5.41) is 4.29. The van der Waals surface area contributed by atoms with Crippen molar-refractivity contribution in [3.8, 4) is 5.75 Å². The van der Waals surface area contributed by atoms with Gasteiger partial charge in [0.2, 0.25) is 0 Å². The van der Waals surface area contributed by atoms with E-state index in [1.165, 1.54) is 44.1 Å². The molecule has 0 atom stereocenters. The fourth-order valence-corrected chi connectivity index (χ4v) is 2.91. The summed E-state index contributed by atoms with van der Waals surface area (Å²) in [7, 11) is 0. The van der Waals surface area contributed by atoms with Gasteiger partial charge in [0.1, 0.15) is 12.4 Å². The van der Waals surface area contributed by atoms with Crippen LogP contribution in [0, 0.1) is 0 Å². The zero-order valence-corrected chi connectivity index (χ0v) is 16.0. The average Bonchev–Trinajstić information content (AvgIpc) is 2.64. The molecule has 0 aromatic heterocycles. The van der Waals surface area contributed by atoms with E-state index in [0.29, 0.717) is 6.61 Å². The van der Waals surface area contributed by atoms with Crippen LogP contribution in [0.1, 0.15) is 56.6 Å². The summed E-state index contributed by atoms with van der Waals surface area (Å²) < 4.78 is 6.00. The average molecular weight is 360 g/mol. The van der Waals surface area contributed by atoms with Gasteiger partial charge in [-0.2, -0.15) is 0 Å². The lowest BCUT2D eigenvalue weighted by Gasteiger charge is -2.12. The van der Waals surface area contributed by atoms with Crippen LogP contribution in [0.5, 0.6) is 5.75 Å². The zero-order chi connectivity index (χ0) is 17.7. The Morgan fingerprint density at radius 1 is 0.880 bits per heavy atom. The third-order valence-corrected chi connectivity index (χ3v) is 4.55. The predicted octanol–water partition coefficient (Wildman–Crippen LogP) is 6.37. The van der Waals surface area contributed by atoms with Crippen LogP contribution in [-0.4, -0.2) is 6.54 Å². The molecule has 0 fully saturated rings. The summed E-state index contributed by atoms with van der Waals surface area (Å²) in [5.41, 5.74) is 2.33. The van der Waals surface area contributed by atoms with Gasteiger partial charge in [-0.05, 0) is 36.7 Å². The lowest BCUT2D eigenvalue weighted by Crippen LogP contribution is -2.15. The van der Waals surface area contributed by atoms with Crippen LogP contribution in [0.3, 0.4) is 0 Å². The first kappa shape index (κ1) is 19.8. The Bertz CT molecular complexity index is 597. The normalized spacial score (nSPS) is 10.8. The number of halogens is 1. The summed E-state index contributed by atoms with van der Waals surface area (Å²) >= 11 is 5.92. The number of benzene rings is 2. The van der Waals surface area contributed by atoms with Gasteiger partial charge in [0.05, 0.1) is 0 Å². The standard InChI is InChI=1S/C22H30ClNO/c1-2-3-4-5-6-9-16-24-17-20-10-7-8-11-22(20)25-18-19-12-14-21(23)15-13-19/h7-8,10-15,24H,2-6,9,16-18H2,1H3. The fraction of sp³-hybridized carbons (Fsp3) is 0.455. The smallest absolute Gasteiger partial charge is 0.124 e. The Morgan fingerprint density at radius 2 is 1.60 bits per heavy atom. The van der Waals surface area contributed by atoms with Crippen molar-refractivity contribution in [3.63, 3.8) is 0 Å². The molecule has 0 amide bonds. The molecule has 0 saturated carbocycles. The molecule has 0 radical (unpaired) electrons. The molecule has 2 rings (SSSR count). The van der Waals surface area contributed by atoms with Crippen LogP contribution in [0.25, 0.3) is 0 Å². The highest BCUT2D eigenvalue weighted by atomic mass is 35.5. The monoisotopic (exact) mass is 359 g/mol. The molecule has 1 N–H and O–H groups in total. The molecular formula is C22H30ClNO. The largest absolute Gasteiger partial charge is 0.489 e. The minimum Gasteiger partial charge on any atom is -0.489 e. The summed E-state index contributed by atoms with van der Waals surface area (Å²) in [4.78, 5) is 0. The number of hydrogen-bond donors (Lipinski definition) is 1. The number of unbranched alkanes of at least 4 members (excludes halogenated alkanes) is 5. The SMILES string of the molecule is CCCCCCCCNCc1ccccc1OCc1ccc(Cl)cc1. The second kappa shape index (κ2) is 11.9. The van der Waals surface area contributed by atoms with Gasteiger partial charge < -0.3 is 10.1 Å². The fourth-order valence-electron chi connectivity index (χ4n) is 2.79. The Labute approximate surface area is 157 Å². The topological polar surface area (TPSA) is 21.3 Å². The first-order valence-corrected chi connectivity index (χ1v) is 9.83. The number of hydrogen-bond acceptors (Lipinski definition) is 2. The molecule has 2 nitrogen and oxygen atoms in total. The Balaban J connectivity index is 1.71. The summed E-state index contributed by atoms with van der Waals surface area (Å²) in [6.07, 6.45) is 7.98. The molecule has 2 aromatic rings. The van der Waals surface area contributed by atoms with Crippen molar-refractivity contribution in [2.75, 3.05) is 6.54 Å². The van der Waals surface area contributed by atoms with E-state index in [4.69, 9.17) is 16.3 Å². The third kappa shape index (κ3) is 7.94. The Kier molecular flexibility index (Phi) is 9.46. The van der Waals surface area contributed by atoms with E-state index in [1.807, 2.05) is 36.4 Å². The van der Waals surface area contributed by atoms with Gasteiger partial charge in [0.25, 0.3) is 0 Å². The quantitative estimate of drug-likeness (QED) is 0.444. The lowest BCUT2D eigenvalue weighted by atomic mass is 10.1. The molecule has 25 heavy (non-hydrogen) atoms. The van der Waals surface area contributed by atoms with Crippen molar-refractivity contribution >= 4 is 11.6 Å². The molecule has 0 bridgehead atoms. The number of ether oxygens (including phenoxy) is 1. The lowest BCUT2D eigenvalue weighted by molar-refractivity contribution is 0.302. The number of rotatable bonds is 12. The highest BCUT2D eigenvalue weighted by molar-refractivity contribution is 6.30. The summed E-state index contributed by atoms with van der Waals surface area (Å²) in [6, 6.07) is 16.1. The Hall–Kier alpha value is -1.51. The van der Waals surface area contributed by atoms with E-state index in [2.05, 4.69) is 24.4 Å².